The van der Waals surface area contributed by atoms with E-state index in [-0.39, 0.29) is 11.1 Å². The van der Waals surface area contributed by atoms with Crippen molar-refractivity contribution < 1.29 is 39.5 Å². The summed E-state index contributed by atoms with van der Waals surface area (Å²) in [4.78, 5) is 31.3. The fourth-order valence-corrected chi connectivity index (χ4v) is 5.15. The van der Waals surface area contributed by atoms with Gasteiger partial charge in [0, 0.05) is 35.7 Å². The van der Waals surface area contributed by atoms with Crippen molar-refractivity contribution in [1.29, 1.82) is 0 Å². The molecule has 1 heterocycles. The minimum atomic E-state index is -4.77. The number of hydrogen-bond acceptors (Lipinski definition) is 12. The zero-order valence-electron chi connectivity index (χ0n) is 19.0. The first-order chi connectivity index (χ1) is 17.8. The Bertz CT molecular complexity index is 1860. The average molecular weight is 562 g/mol. The van der Waals surface area contributed by atoms with Crippen LogP contribution in [-0.2, 0) is 20.2 Å². The molecule has 0 unspecified atom stereocenters. The number of rotatable bonds is 8. The number of non-ortho nitro benzene ring substituents is 2. The van der Waals surface area contributed by atoms with E-state index in [4.69, 9.17) is 12.8 Å². The van der Waals surface area contributed by atoms with Gasteiger partial charge in [0.2, 0.25) is 5.75 Å². The van der Waals surface area contributed by atoms with E-state index in [1.54, 1.807) is 0 Å². The van der Waals surface area contributed by atoms with Crippen LogP contribution in [0.2, 0.25) is 0 Å². The second-order valence-electron chi connectivity index (χ2n) is 7.59. The van der Waals surface area contributed by atoms with Crippen LogP contribution in [0.1, 0.15) is 5.56 Å². The Morgan fingerprint density at radius 1 is 0.737 bits per heavy atom. The predicted molar refractivity (Wildman–Crippen MR) is 129 cm³/mol. The predicted octanol–water partition coefficient (Wildman–Crippen LogP) is 3.45. The molecule has 0 fully saturated rings. The van der Waals surface area contributed by atoms with Crippen molar-refractivity contribution in [2.24, 2.45) is 0 Å². The van der Waals surface area contributed by atoms with Crippen LogP contribution in [-0.4, -0.2) is 26.7 Å². The van der Waals surface area contributed by atoms with E-state index in [1.807, 2.05) is 0 Å². The number of fused-ring (bicyclic) bond motifs is 1. The summed E-state index contributed by atoms with van der Waals surface area (Å²) in [5, 5.41) is 21.9. The zero-order chi connectivity index (χ0) is 27.8. The monoisotopic (exact) mass is 562 g/mol. The summed E-state index contributed by atoms with van der Waals surface area (Å²) < 4.78 is 67.2. The second-order valence-corrected chi connectivity index (χ2v) is 10.7. The summed E-state index contributed by atoms with van der Waals surface area (Å²) in [7, 11) is -9.46. The lowest BCUT2D eigenvalue weighted by Crippen LogP contribution is -2.14. The van der Waals surface area contributed by atoms with Crippen LogP contribution in [0.4, 0.5) is 11.4 Å². The van der Waals surface area contributed by atoms with E-state index in [2.05, 4.69) is 0 Å². The smallest absolute Gasteiger partial charge is 0.339 e. The maximum absolute atomic E-state index is 13.0. The van der Waals surface area contributed by atoms with Gasteiger partial charge in [-0.05, 0) is 48.9 Å². The molecular formula is C22H14N2O12S2. The molecule has 4 rings (SSSR count). The van der Waals surface area contributed by atoms with Crippen LogP contribution in [0.5, 0.6) is 11.5 Å². The number of benzene rings is 3. The van der Waals surface area contributed by atoms with Crippen molar-refractivity contribution in [3.63, 3.8) is 0 Å². The Labute approximate surface area is 213 Å². The molecule has 196 valence electrons. The molecule has 4 aromatic rings. The topological polar surface area (TPSA) is 203 Å². The van der Waals surface area contributed by atoms with Gasteiger partial charge in [0.1, 0.15) is 9.79 Å². The Kier molecular flexibility index (Phi) is 6.60. The first-order valence-electron chi connectivity index (χ1n) is 10.2. The fraction of sp³-hybridized carbons (Fsp3) is 0.0455. The summed E-state index contributed by atoms with van der Waals surface area (Å²) in [5.41, 5.74) is -1.78. The molecule has 0 spiro atoms. The van der Waals surface area contributed by atoms with Gasteiger partial charge >= 0.3 is 25.9 Å². The zero-order valence-corrected chi connectivity index (χ0v) is 20.6. The Morgan fingerprint density at radius 2 is 1.21 bits per heavy atom. The van der Waals surface area contributed by atoms with Crippen molar-refractivity contribution in [2.75, 3.05) is 0 Å². The highest BCUT2D eigenvalue weighted by molar-refractivity contribution is 7.87. The van der Waals surface area contributed by atoms with Crippen molar-refractivity contribution in [2.45, 2.75) is 16.7 Å². The molecule has 0 saturated heterocycles. The van der Waals surface area contributed by atoms with Crippen LogP contribution >= 0.6 is 0 Å². The van der Waals surface area contributed by atoms with Gasteiger partial charge in [-0.15, -0.1) is 0 Å². The van der Waals surface area contributed by atoms with Gasteiger partial charge in [-0.1, -0.05) is 0 Å². The average Bonchev–Trinajstić information content (AvgIpc) is 2.85. The lowest BCUT2D eigenvalue weighted by Gasteiger charge is -2.14. The second kappa shape index (κ2) is 9.56. The van der Waals surface area contributed by atoms with Crippen LogP contribution in [0, 0.1) is 27.2 Å². The van der Waals surface area contributed by atoms with Gasteiger partial charge in [0.15, 0.2) is 11.3 Å². The van der Waals surface area contributed by atoms with Gasteiger partial charge in [-0.3, -0.25) is 20.2 Å². The van der Waals surface area contributed by atoms with Crippen molar-refractivity contribution >= 4 is 42.6 Å². The third-order valence-electron chi connectivity index (χ3n) is 5.10. The highest BCUT2D eigenvalue weighted by atomic mass is 32.2. The van der Waals surface area contributed by atoms with E-state index >= 15 is 0 Å². The van der Waals surface area contributed by atoms with Crippen molar-refractivity contribution in [3.8, 4) is 11.5 Å². The maximum Gasteiger partial charge on any atom is 0.339 e. The summed E-state index contributed by atoms with van der Waals surface area (Å²) in [6.45, 7) is 1.52. The molecule has 0 aliphatic carbocycles. The molecule has 0 amide bonds. The van der Waals surface area contributed by atoms with Gasteiger partial charge < -0.3 is 12.8 Å². The Hall–Kier alpha value is -4.83. The van der Waals surface area contributed by atoms with Gasteiger partial charge in [0.05, 0.1) is 9.85 Å². The highest BCUT2D eigenvalue weighted by Crippen LogP contribution is 2.39. The summed E-state index contributed by atoms with van der Waals surface area (Å²) in [6.07, 6.45) is 0. The van der Waals surface area contributed by atoms with Gasteiger partial charge in [-0.2, -0.15) is 16.8 Å². The molecule has 0 aliphatic heterocycles. The lowest BCUT2D eigenvalue weighted by molar-refractivity contribution is -0.385. The van der Waals surface area contributed by atoms with E-state index in [1.165, 1.54) is 13.0 Å². The number of nitrogens with zero attached hydrogens (tertiary/aromatic N) is 2. The van der Waals surface area contributed by atoms with Crippen molar-refractivity contribution in [1.82, 2.24) is 0 Å². The van der Waals surface area contributed by atoms with Crippen molar-refractivity contribution in [3.05, 3.63) is 103 Å². The minimum absolute atomic E-state index is 0.193. The van der Waals surface area contributed by atoms with Crippen LogP contribution in [0.15, 0.2) is 85.7 Å². The molecule has 0 aliphatic rings. The third-order valence-corrected chi connectivity index (χ3v) is 7.59. The molecule has 0 radical (unpaired) electrons. The number of nitro groups is 2. The lowest BCUT2D eigenvalue weighted by atomic mass is 10.1. The largest absolute Gasteiger partial charge is 0.418 e. The molecule has 0 N–H and O–H groups in total. The Balaban J connectivity index is 1.84. The van der Waals surface area contributed by atoms with E-state index in [9.17, 15) is 41.9 Å². The molecule has 0 saturated carbocycles. The van der Waals surface area contributed by atoms with Crippen LogP contribution in [0.25, 0.3) is 11.0 Å². The van der Waals surface area contributed by atoms with Gasteiger partial charge in [-0.25, -0.2) is 4.79 Å². The number of nitro benzene ring substituents is 2. The first kappa shape index (κ1) is 26.2. The number of aryl methyl sites for hydroxylation is 1. The molecule has 1 aromatic heterocycles. The standard InChI is InChI=1S/C22H14N2O12S2/c1-13-12-20(25)34-21-18(13)10-11-19(35-37(30,31)16-6-2-14(3-7-16)23(26)27)22(21)36-38(32,33)17-8-4-15(5-9-17)24(28)29/h2-12H,1H3. The fourth-order valence-electron chi connectivity index (χ4n) is 3.28. The molecule has 16 heteroatoms. The van der Waals surface area contributed by atoms with Crippen LogP contribution in [0.3, 0.4) is 0 Å². The quantitative estimate of drug-likeness (QED) is 0.131. The SMILES string of the molecule is Cc1cc(=O)oc2c(OS(=O)(=O)c3ccc([N+](=O)[O-])cc3)c(OS(=O)(=O)c3ccc([N+](=O)[O-])cc3)ccc12. The highest BCUT2D eigenvalue weighted by Gasteiger charge is 2.28. The molecule has 0 atom stereocenters. The van der Waals surface area contributed by atoms with E-state index in [0.717, 1.165) is 60.7 Å². The summed E-state index contributed by atoms with van der Waals surface area (Å²) >= 11 is 0. The molecule has 14 nitrogen and oxygen atoms in total. The normalized spacial score (nSPS) is 11.7. The molecular weight excluding hydrogens is 548 g/mol. The van der Waals surface area contributed by atoms with Gasteiger partial charge in [0.25, 0.3) is 11.4 Å². The number of hydrogen-bond donors (Lipinski definition) is 0. The molecule has 3 aromatic carbocycles. The maximum atomic E-state index is 13.0. The Morgan fingerprint density at radius 3 is 1.68 bits per heavy atom. The van der Waals surface area contributed by atoms with E-state index < -0.39 is 68.3 Å². The van der Waals surface area contributed by atoms with Crippen LogP contribution < -0.4 is 14.0 Å². The molecule has 38 heavy (non-hydrogen) atoms. The first-order valence-corrected chi connectivity index (χ1v) is 13.1. The summed E-state index contributed by atoms with van der Waals surface area (Å²) in [6, 6.07) is 10.8. The minimum Gasteiger partial charge on any atom is -0.418 e. The van der Waals surface area contributed by atoms with E-state index in [0.29, 0.717) is 5.56 Å². The molecule has 0 bridgehead atoms. The summed E-state index contributed by atoms with van der Waals surface area (Å²) in [5.74, 6) is -1.47. The third kappa shape index (κ3) is 5.16.